The number of hydrogen-bond acceptors (Lipinski definition) is 0. The van der Waals surface area contributed by atoms with E-state index in [9.17, 15) is 0 Å². The summed E-state index contributed by atoms with van der Waals surface area (Å²) in [5.41, 5.74) is 2.35. The molecule has 0 spiro atoms. The molecule has 0 aromatic heterocycles. The van der Waals surface area contributed by atoms with Crippen molar-refractivity contribution in [3.05, 3.63) is 11.6 Å². The summed E-state index contributed by atoms with van der Waals surface area (Å²) in [6.07, 6.45) is 10.8. The van der Waals surface area contributed by atoms with Crippen molar-refractivity contribution in [1.82, 2.24) is 0 Å². The number of allylic oxidation sites excluding steroid dienone is 2. The van der Waals surface area contributed by atoms with E-state index in [4.69, 9.17) is 0 Å². The Morgan fingerprint density at radius 2 is 1.50 bits per heavy atom. The minimum absolute atomic E-state index is 0. The first-order valence-corrected chi connectivity index (χ1v) is 8.24. The minimum Gasteiger partial charge on any atom is -0.0845 e. The van der Waals surface area contributed by atoms with Gasteiger partial charge in [0.05, 0.1) is 0 Å². The van der Waals surface area contributed by atoms with Crippen LogP contribution in [0.15, 0.2) is 11.6 Å². The highest BCUT2D eigenvalue weighted by Gasteiger charge is 2.40. The first-order chi connectivity index (χ1) is 8.54. The van der Waals surface area contributed by atoms with Gasteiger partial charge in [0.15, 0.2) is 0 Å². The highest BCUT2D eigenvalue weighted by Crippen LogP contribution is 2.51. The Labute approximate surface area is 146 Å². The Kier molecular flexibility index (Phi) is 25.9. The van der Waals surface area contributed by atoms with Crippen molar-refractivity contribution < 1.29 is 0 Å². The molecule has 3 unspecified atom stereocenters. The third-order valence-corrected chi connectivity index (χ3v) is 4.44. The molecule has 0 amide bonds. The van der Waals surface area contributed by atoms with E-state index in [0.717, 1.165) is 11.8 Å². The summed E-state index contributed by atoms with van der Waals surface area (Å²) in [5.74, 6) is 1.82. The van der Waals surface area contributed by atoms with Crippen LogP contribution in [0.1, 0.15) is 117 Å². The minimum atomic E-state index is 0. The summed E-state index contributed by atoms with van der Waals surface area (Å²) in [6.45, 7) is 15.6. The van der Waals surface area contributed by atoms with Crippen molar-refractivity contribution in [2.45, 2.75) is 117 Å². The molecule has 0 aliphatic heterocycles. The molecule has 1 saturated carbocycles. The van der Waals surface area contributed by atoms with Crippen molar-refractivity contribution in [2.75, 3.05) is 0 Å². The Balaban J connectivity index is -0.0000000969. The fourth-order valence-electron chi connectivity index (χ4n) is 3.34. The predicted molar refractivity (Wildman–Crippen MR) is 112 cm³/mol. The van der Waals surface area contributed by atoms with Crippen molar-refractivity contribution in [2.24, 2.45) is 17.3 Å². The van der Waals surface area contributed by atoms with Crippen LogP contribution in [-0.4, -0.2) is 0 Å². The lowest BCUT2D eigenvalue weighted by Crippen LogP contribution is -2.35. The highest BCUT2D eigenvalue weighted by atomic mass is 14.4. The van der Waals surface area contributed by atoms with Crippen molar-refractivity contribution in [3.63, 3.8) is 0 Å². The second-order valence-corrected chi connectivity index (χ2v) is 6.19. The summed E-state index contributed by atoms with van der Waals surface area (Å²) in [5, 5.41) is 0. The normalized spacial score (nSPS) is 27.9. The van der Waals surface area contributed by atoms with Gasteiger partial charge in [-0.3, -0.25) is 0 Å². The van der Waals surface area contributed by atoms with Gasteiger partial charge in [-0.2, -0.15) is 0 Å². The van der Waals surface area contributed by atoms with Crippen LogP contribution in [-0.2, 0) is 0 Å². The molecule has 22 heavy (non-hydrogen) atoms. The van der Waals surface area contributed by atoms with E-state index in [0.29, 0.717) is 5.41 Å². The van der Waals surface area contributed by atoms with Gasteiger partial charge in [-0.25, -0.2) is 0 Å². The van der Waals surface area contributed by atoms with Crippen LogP contribution < -0.4 is 0 Å². The van der Waals surface area contributed by atoms with Crippen LogP contribution in [0.4, 0.5) is 0 Å². The van der Waals surface area contributed by atoms with Gasteiger partial charge in [0.2, 0.25) is 0 Å². The van der Waals surface area contributed by atoms with E-state index in [1.165, 1.54) is 38.5 Å². The van der Waals surface area contributed by atoms with Gasteiger partial charge in [0, 0.05) is 0 Å². The third-order valence-electron chi connectivity index (χ3n) is 4.44. The zero-order chi connectivity index (χ0) is 14.2. The largest absolute Gasteiger partial charge is 0.0845 e. The molecule has 0 aromatic carbocycles. The molecular formula is C22H52. The molecule has 2 rings (SSSR count). The fourth-order valence-corrected chi connectivity index (χ4v) is 3.34. The fraction of sp³-hybridized carbons (Fsp3) is 0.909. The molecule has 140 valence electrons. The van der Waals surface area contributed by atoms with Crippen molar-refractivity contribution in [1.29, 1.82) is 0 Å². The van der Waals surface area contributed by atoms with Crippen LogP contribution >= 0.6 is 0 Å². The molecule has 0 aromatic rings. The highest BCUT2D eigenvalue weighted by molar-refractivity contribution is 5.20. The molecule has 0 nitrogen and oxygen atoms in total. The summed E-state index contributed by atoms with van der Waals surface area (Å²) < 4.78 is 0. The second kappa shape index (κ2) is 17.1. The maximum Gasteiger partial charge on any atom is -0.00881 e. The van der Waals surface area contributed by atoms with E-state index in [1.54, 1.807) is 5.57 Å². The monoisotopic (exact) mass is 316 g/mol. The van der Waals surface area contributed by atoms with Crippen molar-refractivity contribution in [3.8, 4) is 0 Å². The van der Waals surface area contributed by atoms with E-state index >= 15 is 0 Å². The van der Waals surface area contributed by atoms with E-state index < -0.39 is 0 Å². The van der Waals surface area contributed by atoms with Crippen LogP contribution in [0.25, 0.3) is 0 Å². The molecule has 0 saturated heterocycles. The number of rotatable bonds is 0. The van der Waals surface area contributed by atoms with Gasteiger partial charge < -0.3 is 0 Å². The van der Waals surface area contributed by atoms with Crippen LogP contribution in [0.5, 0.6) is 0 Å². The molecule has 2 aliphatic carbocycles. The van der Waals surface area contributed by atoms with Gasteiger partial charge in [0.1, 0.15) is 0 Å². The first-order valence-electron chi connectivity index (χ1n) is 8.24. The standard InChI is InChI=1S/C13H22.C3H8.C2H6.4CH4/c1-10-7-8-12-6-4-5-11(2)13(12,3)9-10;1-3-2;1-2;;;;/h8,10-11H,4-7,9H2,1-3H3;3H2,1-2H3;1-2H3;4*1H4. The molecular weight excluding hydrogens is 264 g/mol. The number of hydrogen-bond donors (Lipinski definition) is 0. The van der Waals surface area contributed by atoms with Gasteiger partial charge in [-0.05, 0) is 49.4 Å². The Hall–Kier alpha value is -0.260. The molecule has 2 aliphatic rings. The predicted octanol–water partition coefficient (Wildman–Crippen LogP) is 9.16. The van der Waals surface area contributed by atoms with Crippen molar-refractivity contribution >= 4 is 0 Å². The van der Waals surface area contributed by atoms with Crippen LogP contribution in [0, 0.1) is 17.3 Å². The molecule has 0 N–H and O–H groups in total. The third kappa shape index (κ3) is 9.01. The Bertz CT molecular complexity index is 238. The zero-order valence-electron chi connectivity index (χ0n) is 14.0. The quantitative estimate of drug-likeness (QED) is 0.391. The molecule has 0 heteroatoms. The summed E-state index contributed by atoms with van der Waals surface area (Å²) in [6, 6.07) is 0. The lowest BCUT2D eigenvalue weighted by atomic mass is 9.59. The topological polar surface area (TPSA) is 0 Å². The van der Waals surface area contributed by atoms with E-state index in [2.05, 4.69) is 40.7 Å². The molecule has 0 bridgehead atoms. The van der Waals surface area contributed by atoms with E-state index in [1.807, 2.05) is 13.8 Å². The van der Waals surface area contributed by atoms with Gasteiger partial charge >= 0.3 is 0 Å². The summed E-state index contributed by atoms with van der Waals surface area (Å²) >= 11 is 0. The van der Waals surface area contributed by atoms with Crippen LogP contribution in [0.2, 0.25) is 0 Å². The number of fused-ring (bicyclic) bond motifs is 1. The SMILES string of the molecule is C.C.C.C.CC.CC1CC=C2CCCC(C)C2(C)C1.CCC. The van der Waals surface area contributed by atoms with Crippen LogP contribution in [0.3, 0.4) is 0 Å². The van der Waals surface area contributed by atoms with Gasteiger partial charge in [-0.1, -0.05) is 96.2 Å². The average molecular weight is 317 g/mol. The van der Waals surface area contributed by atoms with Gasteiger partial charge in [-0.15, -0.1) is 0 Å². The maximum atomic E-state index is 2.55. The molecule has 3 atom stereocenters. The lowest BCUT2D eigenvalue weighted by Gasteiger charge is -2.46. The lowest BCUT2D eigenvalue weighted by molar-refractivity contribution is 0.148. The van der Waals surface area contributed by atoms with E-state index in [-0.39, 0.29) is 29.7 Å². The smallest absolute Gasteiger partial charge is 0.00881 e. The summed E-state index contributed by atoms with van der Waals surface area (Å²) in [7, 11) is 0. The second-order valence-electron chi connectivity index (χ2n) is 6.19. The Morgan fingerprint density at radius 1 is 1.05 bits per heavy atom. The Morgan fingerprint density at radius 3 is 1.95 bits per heavy atom. The average Bonchev–Trinajstić information content (AvgIpc) is 2.34. The molecule has 1 fully saturated rings. The summed E-state index contributed by atoms with van der Waals surface area (Å²) in [4.78, 5) is 0. The molecule has 0 radical (unpaired) electrons. The molecule has 0 heterocycles. The van der Waals surface area contributed by atoms with Gasteiger partial charge in [0.25, 0.3) is 0 Å². The maximum absolute atomic E-state index is 2.55. The zero-order valence-corrected chi connectivity index (χ0v) is 14.0. The first kappa shape index (κ1) is 33.4.